The summed E-state index contributed by atoms with van der Waals surface area (Å²) in [5.41, 5.74) is 1.19. The first-order valence-electron chi connectivity index (χ1n) is 8.56. The minimum Gasteiger partial charge on any atom is -0.375 e. The van der Waals surface area contributed by atoms with Crippen molar-refractivity contribution < 1.29 is 4.79 Å². The maximum Gasteiger partial charge on any atom is 0.233 e. The number of halogens is 1. The standard InChI is InChI=1S/C20H25ClN2OS/c1-3-19(25-18-12-10-16(21)11-13-18)20(24)22-14-7-15-23(2)17-8-5-4-6-9-17/h4-6,8-13,19H,3,7,14-15H2,1-2H3,(H,22,24)/t19-/m0/s1. The smallest absolute Gasteiger partial charge is 0.233 e. The third-order valence-electron chi connectivity index (χ3n) is 3.92. The van der Waals surface area contributed by atoms with Gasteiger partial charge in [0, 0.05) is 35.7 Å². The molecule has 1 atom stereocenters. The van der Waals surface area contributed by atoms with E-state index in [1.54, 1.807) is 11.8 Å². The normalized spacial score (nSPS) is 11.8. The molecule has 0 aliphatic heterocycles. The van der Waals surface area contributed by atoms with Gasteiger partial charge >= 0.3 is 0 Å². The van der Waals surface area contributed by atoms with E-state index in [0.29, 0.717) is 11.6 Å². The maximum absolute atomic E-state index is 12.4. The highest BCUT2D eigenvalue weighted by atomic mass is 35.5. The zero-order chi connectivity index (χ0) is 18.1. The van der Waals surface area contributed by atoms with Gasteiger partial charge in [-0.25, -0.2) is 0 Å². The van der Waals surface area contributed by atoms with Gasteiger partial charge in [-0.2, -0.15) is 0 Å². The van der Waals surface area contributed by atoms with Crippen LogP contribution in [0.3, 0.4) is 0 Å². The Labute approximate surface area is 159 Å². The number of carbonyl (C=O) groups is 1. The van der Waals surface area contributed by atoms with E-state index in [2.05, 4.69) is 29.4 Å². The Morgan fingerprint density at radius 1 is 1.16 bits per heavy atom. The van der Waals surface area contributed by atoms with Gasteiger partial charge in [0.15, 0.2) is 0 Å². The lowest BCUT2D eigenvalue weighted by atomic mass is 10.2. The lowest BCUT2D eigenvalue weighted by Crippen LogP contribution is -2.34. The van der Waals surface area contributed by atoms with E-state index in [1.807, 2.05) is 49.4 Å². The monoisotopic (exact) mass is 376 g/mol. The SMILES string of the molecule is CC[C@H](Sc1ccc(Cl)cc1)C(=O)NCCCN(C)c1ccccc1. The van der Waals surface area contributed by atoms with Crippen LogP contribution in [-0.2, 0) is 4.79 Å². The Kier molecular flexibility index (Phi) is 8.16. The number of nitrogens with one attached hydrogen (secondary N) is 1. The minimum atomic E-state index is -0.0759. The van der Waals surface area contributed by atoms with E-state index in [4.69, 9.17) is 11.6 Å². The Morgan fingerprint density at radius 3 is 2.48 bits per heavy atom. The molecule has 3 nitrogen and oxygen atoms in total. The summed E-state index contributed by atoms with van der Waals surface area (Å²) in [4.78, 5) is 15.7. The predicted molar refractivity (Wildman–Crippen MR) is 109 cm³/mol. The molecule has 0 saturated heterocycles. The topological polar surface area (TPSA) is 32.3 Å². The Balaban J connectivity index is 1.73. The molecule has 0 saturated carbocycles. The Bertz CT molecular complexity index is 649. The number of hydrogen-bond acceptors (Lipinski definition) is 3. The number of hydrogen-bond donors (Lipinski definition) is 1. The summed E-state index contributed by atoms with van der Waals surface area (Å²) >= 11 is 7.49. The average Bonchev–Trinajstić information content (AvgIpc) is 2.65. The first-order valence-corrected chi connectivity index (χ1v) is 9.82. The van der Waals surface area contributed by atoms with Crippen molar-refractivity contribution in [1.29, 1.82) is 0 Å². The summed E-state index contributed by atoms with van der Waals surface area (Å²) < 4.78 is 0. The van der Waals surface area contributed by atoms with Gasteiger partial charge in [0.25, 0.3) is 0 Å². The fraction of sp³-hybridized carbons (Fsp3) is 0.350. The van der Waals surface area contributed by atoms with Gasteiger partial charge in [-0.1, -0.05) is 36.7 Å². The number of amides is 1. The van der Waals surface area contributed by atoms with Crippen LogP contribution < -0.4 is 10.2 Å². The van der Waals surface area contributed by atoms with E-state index >= 15 is 0 Å². The summed E-state index contributed by atoms with van der Waals surface area (Å²) in [6, 6.07) is 17.9. The molecule has 0 bridgehead atoms. The molecule has 1 N–H and O–H groups in total. The zero-order valence-electron chi connectivity index (χ0n) is 14.7. The van der Waals surface area contributed by atoms with Crippen LogP contribution >= 0.6 is 23.4 Å². The van der Waals surface area contributed by atoms with Crippen molar-refractivity contribution in [3.63, 3.8) is 0 Å². The van der Waals surface area contributed by atoms with Gasteiger partial charge in [0.1, 0.15) is 0 Å². The Morgan fingerprint density at radius 2 is 1.84 bits per heavy atom. The summed E-state index contributed by atoms with van der Waals surface area (Å²) in [6.07, 6.45) is 1.71. The number of carbonyl (C=O) groups excluding carboxylic acids is 1. The van der Waals surface area contributed by atoms with Gasteiger partial charge in [-0.05, 0) is 49.2 Å². The molecule has 0 spiro atoms. The number of para-hydroxylation sites is 1. The highest BCUT2D eigenvalue weighted by molar-refractivity contribution is 8.00. The molecular formula is C20H25ClN2OS. The van der Waals surface area contributed by atoms with Crippen molar-refractivity contribution in [1.82, 2.24) is 5.32 Å². The molecule has 5 heteroatoms. The fourth-order valence-corrected chi connectivity index (χ4v) is 3.56. The van der Waals surface area contributed by atoms with Crippen molar-refractivity contribution in [3.05, 3.63) is 59.6 Å². The van der Waals surface area contributed by atoms with Gasteiger partial charge in [-0.3, -0.25) is 4.79 Å². The van der Waals surface area contributed by atoms with Crippen LogP contribution in [0.5, 0.6) is 0 Å². The summed E-state index contributed by atoms with van der Waals surface area (Å²) in [6.45, 7) is 3.63. The molecule has 2 aromatic carbocycles. The van der Waals surface area contributed by atoms with Gasteiger partial charge in [0.05, 0.1) is 5.25 Å². The first-order chi connectivity index (χ1) is 12.1. The lowest BCUT2D eigenvalue weighted by molar-refractivity contribution is -0.120. The van der Waals surface area contributed by atoms with Crippen LogP contribution in [0, 0.1) is 0 Å². The lowest BCUT2D eigenvalue weighted by Gasteiger charge is -2.20. The quantitative estimate of drug-likeness (QED) is 0.501. The second kappa shape index (κ2) is 10.4. The molecule has 0 aliphatic rings. The molecule has 0 unspecified atom stereocenters. The third-order valence-corrected chi connectivity index (χ3v) is 5.55. The maximum atomic E-state index is 12.4. The van der Waals surface area contributed by atoms with E-state index in [-0.39, 0.29) is 11.2 Å². The largest absolute Gasteiger partial charge is 0.375 e. The molecule has 0 aliphatic carbocycles. The summed E-state index contributed by atoms with van der Waals surface area (Å²) in [7, 11) is 2.07. The average molecular weight is 377 g/mol. The zero-order valence-corrected chi connectivity index (χ0v) is 16.3. The number of rotatable bonds is 9. The second-order valence-corrected chi connectivity index (χ2v) is 7.58. The molecule has 0 heterocycles. The van der Waals surface area contributed by atoms with Crippen molar-refractivity contribution in [2.24, 2.45) is 0 Å². The minimum absolute atomic E-state index is 0.0759. The Hall–Kier alpha value is -1.65. The summed E-state index contributed by atoms with van der Waals surface area (Å²) in [5.74, 6) is 0.102. The van der Waals surface area contributed by atoms with E-state index in [0.717, 1.165) is 24.3 Å². The van der Waals surface area contributed by atoms with Gasteiger partial charge in [0.2, 0.25) is 5.91 Å². The molecule has 134 valence electrons. The predicted octanol–water partition coefficient (Wildman–Crippen LogP) is 4.85. The van der Waals surface area contributed by atoms with Crippen molar-refractivity contribution >= 4 is 35.0 Å². The van der Waals surface area contributed by atoms with E-state index in [1.165, 1.54) is 5.69 Å². The van der Waals surface area contributed by atoms with Gasteiger partial charge in [-0.15, -0.1) is 11.8 Å². The number of anilines is 1. The second-order valence-electron chi connectivity index (χ2n) is 5.87. The van der Waals surface area contributed by atoms with E-state index < -0.39 is 0 Å². The fourth-order valence-electron chi connectivity index (χ4n) is 2.45. The highest BCUT2D eigenvalue weighted by Crippen LogP contribution is 2.26. The summed E-state index contributed by atoms with van der Waals surface area (Å²) in [5, 5.41) is 3.70. The third kappa shape index (κ3) is 6.63. The molecule has 2 rings (SSSR count). The number of thioether (sulfide) groups is 1. The molecule has 25 heavy (non-hydrogen) atoms. The molecular weight excluding hydrogens is 352 g/mol. The van der Waals surface area contributed by atoms with Crippen LogP contribution in [0.25, 0.3) is 0 Å². The van der Waals surface area contributed by atoms with Crippen LogP contribution in [0.4, 0.5) is 5.69 Å². The highest BCUT2D eigenvalue weighted by Gasteiger charge is 2.17. The molecule has 0 fully saturated rings. The first kappa shape index (κ1) is 19.7. The molecule has 0 aromatic heterocycles. The van der Waals surface area contributed by atoms with Crippen LogP contribution in [0.2, 0.25) is 5.02 Å². The number of benzene rings is 2. The van der Waals surface area contributed by atoms with Gasteiger partial charge < -0.3 is 10.2 Å². The molecule has 2 aromatic rings. The van der Waals surface area contributed by atoms with Crippen molar-refractivity contribution in [2.75, 3.05) is 25.0 Å². The van der Waals surface area contributed by atoms with E-state index in [9.17, 15) is 4.79 Å². The van der Waals surface area contributed by atoms with Crippen LogP contribution in [0.15, 0.2) is 59.5 Å². The number of nitrogens with zero attached hydrogens (tertiary/aromatic N) is 1. The van der Waals surface area contributed by atoms with Crippen LogP contribution in [-0.4, -0.2) is 31.3 Å². The molecule has 1 amide bonds. The van der Waals surface area contributed by atoms with Crippen molar-refractivity contribution in [2.45, 2.75) is 29.9 Å². The van der Waals surface area contributed by atoms with Crippen molar-refractivity contribution in [3.8, 4) is 0 Å². The van der Waals surface area contributed by atoms with Crippen LogP contribution in [0.1, 0.15) is 19.8 Å². The molecule has 0 radical (unpaired) electrons.